The second kappa shape index (κ2) is 9.45. The molecule has 0 aliphatic carbocycles. The van der Waals surface area contributed by atoms with E-state index in [4.69, 9.17) is 25.8 Å². The first-order valence-electron chi connectivity index (χ1n) is 8.65. The van der Waals surface area contributed by atoms with Crippen molar-refractivity contribution in [3.8, 4) is 17.2 Å². The van der Waals surface area contributed by atoms with Crippen LogP contribution in [0, 0.1) is 0 Å². The van der Waals surface area contributed by atoms with Gasteiger partial charge in [0.15, 0.2) is 17.6 Å². The predicted octanol–water partition coefficient (Wildman–Crippen LogP) is 4.25. The van der Waals surface area contributed by atoms with Gasteiger partial charge < -0.3 is 24.3 Å². The van der Waals surface area contributed by atoms with E-state index in [9.17, 15) is 18.4 Å². The van der Waals surface area contributed by atoms with Crippen LogP contribution in [0.25, 0.3) is 6.08 Å². The molecule has 0 fully saturated rings. The van der Waals surface area contributed by atoms with Gasteiger partial charge in [-0.2, -0.15) is 8.78 Å². The predicted molar refractivity (Wildman–Crippen MR) is 104 cm³/mol. The first kappa shape index (κ1) is 21.4. The van der Waals surface area contributed by atoms with Gasteiger partial charge in [-0.1, -0.05) is 17.7 Å². The van der Waals surface area contributed by atoms with Crippen molar-refractivity contribution >= 4 is 35.2 Å². The molecule has 0 spiro atoms. The van der Waals surface area contributed by atoms with E-state index in [1.807, 2.05) is 0 Å². The maximum atomic E-state index is 12.3. The molecule has 158 valence electrons. The van der Waals surface area contributed by atoms with Gasteiger partial charge >= 0.3 is 12.6 Å². The number of benzene rings is 2. The van der Waals surface area contributed by atoms with Crippen molar-refractivity contribution < 1.29 is 37.3 Å². The zero-order valence-corrected chi connectivity index (χ0v) is 16.3. The zero-order chi connectivity index (χ0) is 21.7. The minimum absolute atomic E-state index is 0.107. The van der Waals surface area contributed by atoms with E-state index in [1.165, 1.54) is 37.3 Å². The van der Waals surface area contributed by atoms with Crippen molar-refractivity contribution in [2.75, 3.05) is 12.1 Å². The highest BCUT2D eigenvalue weighted by Gasteiger charge is 2.18. The molecule has 10 heteroatoms. The van der Waals surface area contributed by atoms with Crippen LogP contribution >= 0.6 is 11.6 Å². The first-order valence-corrected chi connectivity index (χ1v) is 9.03. The lowest BCUT2D eigenvalue weighted by molar-refractivity contribution is -0.148. The van der Waals surface area contributed by atoms with Crippen LogP contribution in [0.1, 0.15) is 12.5 Å². The van der Waals surface area contributed by atoms with Gasteiger partial charge in [-0.3, -0.25) is 4.79 Å². The fourth-order valence-corrected chi connectivity index (χ4v) is 2.69. The molecule has 1 N–H and O–H groups in total. The highest BCUT2D eigenvalue weighted by molar-refractivity contribution is 6.32. The number of hydrogen-bond acceptors (Lipinski definition) is 6. The molecule has 1 heterocycles. The number of ether oxygens (including phenoxy) is 4. The second-order valence-corrected chi connectivity index (χ2v) is 6.45. The highest BCUT2D eigenvalue weighted by atomic mass is 35.5. The van der Waals surface area contributed by atoms with Crippen molar-refractivity contribution in [3.05, 3.63) is 53.1 Å². The molecule has 0 aromatic heterocycles. The molecule has 1 aliphatic heterocycles. The number of amides is 1. The number of alkyl halides is 2. The maximum Gasteiger partial charge on any atom is 0.387 e. The van der Waals surface area contributed by atoms with E-state index in [0.29, 0.717) is 17.1 Å². The van der Waals surface area contributed by atoms with Gasteiger partial charge in [0.1, 0.15) is 5.75 Å². The lowest BCUT2D eigenvalue weighted by Gasteiger charge is -2.13. The monoisotopic (exact) mass is 439 g/mol. The molecule has 0 bridgehead atoms. The Hall–Kier alpha value is -3.33. The Morgan fingerprint density at radius 2 is 1.93 bits per heavy atom. The SMILES string of the molecule is CC(OC(=O)C=Cc1ccc2c(c1)OCO2)C(=O)Nc1ccc(OC(F)F)c(Cl)c1. The van der Waals surface area contributed by atoms with E-state index in [1.54, 1.807) is 18.2 Å². The summed E-state index contributed by atoms with van der Waals surface area (Å²) in [6.45, 7) is -1.49. The van der Waals surface area contributed by atoms with Crippen LogP contribution in [0.5, 0.6) is 17.2 Å². The van der Waals surface area contributed by atoms with E-state index in [0.717, 1.165) is 0 Å². The van der Waals surface area contributed by atoms with E-state index >= 15 is 0 Å². The summed E-state index contributed by atoms with van der Waals surface area (Å²) in [7, 11) is 0. The largest absolute Gasteiger partial charge is 0.454 e. The molecule has 1 amide bonds. The Bertz CT molecular complexity index is 982. The van der Waals surface area contributed by atoms with Crippen molar-refractivity contribution in [2.45, 2.75) is 19.6 Å². The lowest BCUT2D eigenvalue weighted by Crippen LogP contribution is -2.29. The van der Waals surface area contributed by atoms with Crippen LogP contribution in [0.4, 0.5) is 14.5 Å². The molecule has 7 nitrogen and oxygen atoms in total. The second-order valence-electron chi connectivity index (χ2n) is 6.04. The summed E-state index contributed by atoms with van der Waals surface area (Å²) in [5, 5.41) is 2.37. The maximum absolute atomic E-state index is 12.3. The normalized spacial score (nSPS) is 13.4. The number of carbonyl (C=O) groups is 2. The molecule has 3 rings (SSSR count). The van der Waals surface area contributed by atoms with Crippen molar-refractivity contribution in [3.63, 3.8) is 0 Å². The van der Waals surface area contributed by atoms with Gasteiger partial charge in [-0.05, 0) is 48.9 Å². The number of halogens is 3. The number of anilines is 1. The van der Waals surface area contributed by atoms with Gasteiger partial charge in [0.25, 0.3) is 5.91 Å². The Balaban J connectivity index is 1.53. The third kappa shape index (κ3) is 5.60. The molecule has 1 atom stereocenters. The molecule has 2 aromatic carbocycles. The van der Waals surface area contributed by atoms with Gasteiger partial charge in [0.05, 0.1) is 5.02 Å². The standard InChI is InChI=1S/C20H16ClF2NO6/c1-11(19(26)24-13-4-6-15(14(21)9-13)30-20(22)23)29-18(25)7-3-12-2-5-16-17(8-12)28-10-27-16/h2-9,11,20H,10H2,1H3,(H,24,26). The van der Waals surface area contributed by atoms with E-state index in [2.05, 4.69) is 10.1 Å². The van der Waals surface area contributed by atoms with Gasteiger partial charge in [-0.25, -0.2) is 4.79 Å². The third-order valence-electron chi connectivity index (χ3n) is 3.89. The van der Waals surface area contributed by atoms with Crippen LogP contribution in [0.3, 0.4) is 0 Å². The molecule has 0 saturated carbocycles. The average Bonchev–Trinajstić information content (AvgIpc) is 3.16. The summed E-state index contributed by atoms with van der Waals surface area (Å²) < 4.78 is 44.2. The lowest BCUT2D eigenvalue weighted by atomic mass is 10.2. The molecule has 2 aromatic rings. The number of hydrogen-bond donors (Lipinski definition) is 1. The highest BCUT2D eigenvalue weighted by Crippen LogP contribution is 2.33. The summed E-state index contributed by atoms with van der Waals surface area (Å²) in [5.74, 6) is -0.388. The van der Waals surface area contributed by atoms with Crippen LogP contribution in [-0.4, -0.2) is 31.4 Å². The van der Waals surface area contributed by atoms with Gasteiger partial charge in [0.2, 0.25) is 6.79 Å². The van der Waals surface area contributed by atoms with Crippen LogP contribution < -0.4 is 19.5 Å². The fourth-order valence-electron chi connectivity index (χ4n) is 2.46. The molecule has 30 heavy (non-hydrogen) atoms. The summed E-state index contributed by atoms with van der Waals surface area (Å²) >= 11 is 5.83. The molecular weight excluding hydrogens is 424 g/mol. The van der Waals surface area contributed by atoms with Crippen LogP contribution in [-0.2, 0) is 14.3 Å². The number of rotatable bonds is 7. The van der Waals surface area contributed by atoms with E-state index in [-0.39, 0.29) is 23.3 Å². The number of nitrogens with one attached hydrogen (secondary N) is 1. The average molecular weight is 440 g/mol. The van der Waals surface area contributed by atoms with Crippen LogP contribution in [0.15, 0.2) is 42.5 Å². The topological polar surface area (TPSA) is 83.1 Å². The van der Waals surface area contributed by atoms with Crippen molar-refractivity contribution in [2.24, 2.45) is 0 Å². The Kier molecular flexibility index (Phi) is 6.73. The van der Waals surface area contributed by atoms with Crippen molar-refractivity contribution in [1.29, 1.82) is 0 Å². The van der Waals surface area contributed by atoms with Crippen molar-refractivity contribution in [1.82, 2.24) is 0 Å². The Morgan fingerprint density at radius 3 is 2.67 bits per heavy atom. The molecule has 1 unspecified atom stereocenters. The summed E-state index contributed by atoms with van der Waals surface area (Å²) in [6, 6.07) is 8.91. The Labute approximate surface area is 175 Å². The smallest absolute Gasteiger partial charge is 0.387 e. The summed E-state index contributed by atoms with van der Waals surface area (Å²) in [4.78, 5) is 24.2. The first-order chi connectivity index (χ1) is 14.3. The molecule has 1 aliphatic rings. The number of fused-ring (bicyclic) bond motifs is 1. The van der Waals surface area contributed by atoms with Gasteiger partial charge in [-0.15, -0.1) is 0 Å². The molecule has 0 radical (unpaired) electrons. The quantitative estimate of drug-likeness (QED) is 0.513. The van der Waals surface area contributed by atoms with Crippen LogP contribution in [0.2, 0.25) is 5.02 Å². The minimum atomic E-state index is -3.02. The fraction of sp³-hybridized carbons (Fsp3) is 0.200. The zero-order valence-electron chi connectivity index (χ0n) is 15.6. The minimum Gasteiger partial charge on any atom is -0.454 e. The molecule has 0 saturated heterocycles. The number of carbonyl (C=O) groups excluding carboxylic acids is 2. The summed E-state index contributed by atoms with van der Waals surface area (Å²) in [5.41, 5.74) is 0.916. The van der Waals surface area contributed by atoms with E-state index < -0.39 is 24.6 Å². The third-order valence-corrected chi connectivity index (χ3v) is 4.18. The molecular formula is C20H16ClF2NO6. The van der Waals surface area contributed by atoms with Gasteiger partial charge in [0, 0.05) is 11.8 Å². The Morgan fingerprint density at radius 1 is 1.17 bits per heavy atom. The number of esters is 1. The summed E-state index contributed by atoms with van der Waals surface area (Å²) in [6.07, 6.45) is 1.57.